The molecule has 3 rings (SSSR count). The fourth-order valence-electron chi connectivity index (χ4n) is 3.47. The topological polar surface area (TPSA) is 99.4 Å². The maximum Gasteiger partial charge on any atom is 0.128 e. The van der Waals surface area contributed by atoms with Gasteiger partial charge in [-0.2, -0.15) is 0 Å². The molecule has 0 amide bonds. The summed E-state index contributed by atoms with van der Waals surface area (Å²) in [6.07, 6.45) is -3.56. The molecule has 6 nitrogen and oxygen atoms in total. The highest BCUT2D eigenvalue weighted by Gasteiger charge is 2.43. The standard InChI is InChI=1S/C21H26O6/c1-26-16-8-6-13(7-9-16)10-14-4-2-3-5-17(14)27-18-11-15(12-22)19(23)21(25)20(18)24/h2-9,15,18-25H,10-12H2,1H3/t15-,18+,19-,20+,21+/m1/s1. The quantitative estimate of drug-likeness (QED) is 0.605. The number of rotatable bonds is 6. The van der Waals surface area contributed by atoms with Gasteiger partial charge >= 0.3 is 0 Å². The molecule has 0 aromatic heterocycles. The zero-order valence-electron chi connectivity index (χ0n) is 15.2. The van der Waals surface area contributed by atoms with Crippen LogP contribution in [0.2, 0.25) is 0 Å². The van der Waals surface area contributed by atoms with Crippen molar-refractivity contribution in [2.24, 2.45) is 5.92 Å². The second kappa shape index (κ2) is 8.71. The third-order valence-electron chi connectivity index (χ3n) is 5.14. The Kier molecular flexibility index (Phi) is 6.34. The van der Waals surface area contributed by atoms with Crippen molar-refractivity contribution >= 4 is 0 Å². The Bertz CT molecular complexity index is 730. The van der Waals surface area contributed by atoms with Crippen LogP contribution in [0.5, 0.6) is 11.5 Å². The molecule has 0 spiro atoms. The van der Waals surface area contributed by atoms with Crippen LogP contribution in [0, 0.1) is 5.92 Å². The number of ether oxygens (including phenoxy) is 2. The lowest BCUT2D eigenvalue weighted by Crippen LogP contribution is -2.56. The lowest BCUT2D eigenvalue weighted by molar-refractivity contribution is -0.157. The summed E-state index contributed by atoms with van der Waals surface area (Å²) in [5.41, 5.74) is 2.02. The summed E-state index contributed by atoms with van der Waals surface area (Å²) in [5, 5.41) is 39.7. The summed E-state index contributed by atoms with van der Waals surface area (Å²) in [5.74, 6) is 0.857. The van der Waals surface area contributed by atoms with Gasteiger partial charge in [-0.3, -0.25) is 0 Å². The van der Waals surface area contributed by atoms with Crippen LogP contribution in [0.15, 0.2) is 48.5 Å². The van der Waals surface area contributed by atoms with Crippen molar-refractivity contribution in [1.82, 2.24) is 0 Å². The Morgan fingerprint density at radius 1 is 0.926 bits per heavy atom. The Morgan fingerprint density at radius 3 is 2.30 bits per heavy atom. The molecule has 0 bridgehead atoms. The number of hydrogen-bond acceptors (Lipinski definition) is 6. The van der Waals surface area contributed by atoms with E-state index in [-0.39, 0.29) is 13.0 Å². The Labute approximate surface area is 158 Å². The molecule has 1 fully saturated rings. The first-order valence-corrected chi connectivity index (χ1v) is 9.06. The average molecular weight is 374 g/mol. The number of hydrogen-bond donors (Lipinski definition) is 4. The van der Waals surface area contributed by atoms with Gasteiger partial charge in [-0.25, -0.2) is 0 Å². The predicted octanol–water partition coefficient (Wildman–Crippen LogP) is 1.13. The summed E-state index contributed by atoms with van der Waals surface area (Å²) < 4.78 is 11.2. The molecular weight excluding hydrogens is 348 g/mol. The van der Waals surface area contributed by atoms with E-state index in [2.05, 4.69) is 0 Å². The highest BCUT2D eigenvalue weighted by atomic mass is 16.5. The van der Waals surface area contributed by atoms with Gasteiger partial charge < -0.3 is 29.9 Å². The van der Waals surface area contributed by atoms with Gasteiger partial charge in [-0.15, -0.1) is 0 Å². The number of para-hydroxylation sites is 1. The van der Waals surface area contributed by atoms with Crippen molar-refractivity contribution in [1.29, 1.82) is 0 Å². The molecule has 146 valence electrons. The van der Waals surface area contributed by atoms with Crippen LogP contribution in [-0.2, 0) is 6.42 Å². The van der Waals surface area contributed by atoms with Gasteiger partial charge in [0.1, 0.15) is 29.8 Å². The molecule has 1 saturated carbocycles. The molecule has 0 aliphatic heterocycles. The SMILES string of the molecule is COc1ccc(Cc2ccccc2O[C@H]2C[C@H](CO)[C@@H](O)[C@H](O)[C@H]2O)cc1. The highest BCUT2D eigenvalue weighted by Crippen LogP contribution is 2.31. The maximum atomic E-state index is 10.3. The van der Waals surface area contributed by atoms with Gasteiger partial charge in [0.25, 0.3) is 0 Å². The third kappa shape index (κ3) is 4.42. The largest absolute Gasteiger partial charge is 0.497 e. The van der Waals surface area contributed by atoms with Crippen molar-refractivity contribution < 1.29 is 29.9 Å². The second-order valence-electron chi connectivity index (χ2n) is 6.94. The van der Waals surface area contributed by atoms with Crippen LogP contribution in [-0.4, -0.2) is 58.6 Å². The summed E-state index contributed by atoms with van der Waals surface area (Å²) in [6, 6.07) is 15.3. The first kappa shape index (κ1) is 19.6. The number of methoxy groups -OCH3 is 1. The minimum atomic E-state index is -1.35. The van der Waals surface area contributed by atoms with E-state index in [9.17, 15) is 20.4 Å². The minimum Gasteiger partial charge on any atom is -0.497 e. The van der Waals surface area contributed by atoms with Gasteiger partial charge in [0, 0.05) is 18.9 Å². The normalized spacial score (nSPS) is 28.0. The number of aliphatic hydroxyl groups is 4. The van der Waals surface area contributed by atoms with Crippen LogP contribution < -0.4 is 9.47 Å². The molecule has 1 aliphatic rings. The van der Waals surface area contributed by atoms with Crippen molar-refractivity contribution in [2.75, 3.05) is 13.7 Å². The highest BCUT2D eigenvalue weighted by molar-refractivity contribution is 5.39. The Morgan fingerprint density at radius 2 is 1.63 bits per heavy atom. The van der Waals surface area contributed by atoms with E-state index in [0.29, 0.717) is 12.2 Å². The van der Waals surface area contributed by atoms with Crippen molar-refractivity contribution in [3.63, 3.8) is 0 Å². The van der Waals surface area contributed by atoms with Gasteiger partial charge in [-0.1, -0.05) is 30.3 Å². The lowest BCUT2D eigenvalue weighted by atomic mass is 9.81. The monoisotopic (exact) mass is 374 g/mol. The second-order valence-corrected chi connectivity index (χ2v) is 6.94. The van der Waals surface area contributed by atoms with Crippen molar-refractivity contribution in [3.8, 4) is 11.5 Å². The molecule has 27 heavy (non-hydrogen) atoms. The van der Waals surface area contributed by atoms with Gasteiger partial charge in [0.2, 0.25) is 0 Å². The van der Waals surface area contributed by atoms with E-state index in [1.165, 1.54) is 0 Å². The molecule has 0 saturated heterocycles. The van der Waals surface area contributed by atoms with E-state index >= 15 is 0 Å². The third-order valence-corrected chi connectivity index (χ3v) is 5.14. The van der Waals surface area contributed by atoms with Crippen LogP contribution >= 0.6 is 0 Å². The maximum absolute atomic E-state index is 10.3. The number of benzene rings is 2. The van der Waals surface area contributed by atoms with Crippen LogP contribution in [0.25, 0.3) is 0 Å². The van der Waals surface area contributed by atoms with E-state index in [1.54, 1.807) is 7.11 Å². The molecule has 0 heterocycles. The Hall–Kier alpha value is -2.12. The molecular formula is C21H26O6. The van der Waals surface area contributed by atoms with Gasteiger partial charge in [0.05, 0.1) is 13.2 Å². The van der Waals surface area contributed by atoms with Crippen molar-refractivity contribution in [2.45, 2.75) is 37.3 Å². The molecule has 0 radical (unpaired) electrons. The summed E-state index contributed by atoms with van der Waals surface area (Å²) in [4.78, 5) is 0. The fourth-order valence-corrected chi connectivity index (χ4v) is 3.47. The molecule has 1 aliphatic carbocycles. The fraction of sp³-hybridized carbons (Fsp3) is 0.429. The van der Waals surface area contributed by atoms with E-state index in [4.69, 9.17) is 9.47 Å². The van der Waals surface area contributed by atoms with Crippen LogP contribution in [0.4, 0.5) is 0 Å². The molecule has 2 aromatic carbocycles. The summed E-state index contributed by atoms with van der Waals surface area (Å²) in [6.45, 7) is -0.279. The van der Waals surface area contributed by atoms with E-state index in [0.717, 1.165) is 16.9 Å². The zero-order chi connectivity index (χ0) is 19.4. The Balaban J connectivity index is 1.77. The minimum absolute atomic E-state index is 0.257. The molecule has 6 heteroatoms. The first-order chi connectivity index (χ1) is 13.0. The smallest absolute Gasteiger partial charge is 0.128 e. The summed E-state index contributed by atoms with van der Waals surface area (Å²) in [7, 11) is 1.62. The molecule has 2 aromatic rings. The van der Waals surface area contributed by atoms with Gasteiger partial charge in [0.15, 0.2) is 0 Å². The average Bonchev–Trinajstić information content (AvgIpc) is 2.70. The van der Waals surface area contributed by atoms with Crippen molar-refractivity contribution in [3.05, 3.63) is 59.7 Å². The molecule has 0 unspecified atom stereocenters. The van der Waals surface area contributed by atoms with E-state index < -0.39 is 30.3 Å². The van der Waals surface area contributed by atoms with Crippen LogP contribution in [0.1, 0.15) is 17.5 Å². The van der Waals surface area contributed by atoms with E-state index in [1.807, 2.05) is 48.5 Å². The molecule has 4 N–H and O–H groups in total. The lowest BCUT2D eigenvalue weighted by Gasteiger charge is -2.39. The predicted molar refractivity (Wildman–Crippen MR) is 99.9 cm³/mol. The van der Waals surface area contributed by atoms with Crippen LogP contribution in [0.3, 0.4) is 0 Å². The molecule has 5 atom stereocenters. The summed E-state index contributed by atoms with van der Waals surface area (Å²) >= 11 is 0. The zero-order valence-corrected chi connectivity index (χ0v) is 15.2. The first-order valence-electron chi connectivity index (χ1n) is 9.06. The number of aliphatic hydroxyl groups excluding tert-OH is 4. The van der Waals surface area contributed by atoms with Gasteiger partial charge in [-0.05, 0) is 35.7 Å².